The molecular formula is C15H18FN3O3. The molecule has 7 heteroatoms. The Morgan fingerprint density at radius 2 is 1.77 bits per heavy atom. The molecule has 0 atom stereocenters. The first-order valence-corrected chi connectivity index (χ1v) is 7.04. The average molecular weight is 307 g/mol. The fraction of sp³-hybridized carbons (Fsp3) is 0.400. The minimum Gasteiger partial charge on any atom is -0.343 e. The lowest BCUT2D eigenvalue weighted by atomic mass is 10.2. The van der Waals surface area contributed by atoms with Crippen molar-refractivity contribution in [2.24, 2.45) is 0 Å². The lowest BCUT2D eigenvalue weighted by molar-refractivity contribution is -0.137. The quantitative estimate of drug-likeness (QED) is 0.870. The second kappa shape index (κ2) is 7.02. The van der Waals surface area contributed by atoms with Crippen molar-refractivity contribution in [1.82, 2.24) is 15.1 Å². The van der Waals surface area contributed by atoms with Gasteiger partial charge in [-0.15, -0.1) is 0 Å². The van der Waals surface area contributed by atoms with Gasteiger partial charge >= 0.3 is 0 Å². The Hall–Kier alpha value is -2.44. The van der Waals surface area contributed by atoms with Gasteiger partial charge in [-0.05, 0) is 18.2 Å². The normalized spacial score (nSPS) is 14.6. The smallest absolute Gasteiger partial charge is 0.251 e. The van der Waals surface area contributed by atoms with Crippen LogP contribution in [0, 0.1) is 5.82 Å². The Bertz CT molecular complexity index is 583. The summed E-state index contributed by atoms with van der Waals surface area (Å²) in [6, 6.07) is 5.28. The number of benzene rings is 1. The van der Waals surface area contributed by atoms with E-state index >= 15 is 0 Å². The standard InChI is InChI=1S/C15H18FN3O3/c1-11(20)18-5-7-19(8-6-18)14(21)10-17-15(22)12-3-2-4-13(16)9-12/h2-4,9H,5-8,10H2,1H3,(H,17,22). The predicted octanol–water partition coefficient (Wildman–Crippen LogP) is 0.246. The molecule has 1 aliphatic heterocycles. The van der Waals surface area contributed by atoms with Gasteiger partial charge in [-0.25, -0.2) is 4.39 Å². The van der Waals surface area contributed by atoms with Gasteiger partial charge in [0, 0.05) is 38.7 Å². The van der Waals surface area contributed by atoms with Crippen LogP contribution in [0.15, 0.2) is 24.3 Å². The van der Waals surface area contributed by atoms with Gasteiger partial charge in [0.05, 0.1) is 6.54 Å². The molecule has 1 N–H and O–H groups in total. The molecular weight excluding hydrogens is 289 g/mol. The zero-order valence-corrected chi connectivity index (χ0v) is 12.3. The minimum absolute atomic E-state index is 0.00786. The van der Waals surface area contributed by atoms with Crippen LogP contribution in [0.1, 0.15) is 17.3 Å². The van der Waals surface area contributed by atoms with E-state index in [0.717, 1.165) is 6.07 Å². The molecule has 0 aliphatic carbocycles. The molecule has 1 aliphatic rings. The van der Waals surface area contributed by atoms with Crippen molar-refractivity contribution in [3.8, 4) is 0 Å². The number of carbonyl (C=O) groups is 3. The zero-order valence-electron chi connectivity index (χ0n) is 12.3. The first-order chi connectivity index (χ1) is 10.5. The van der Waals surface area contributed by atoms with Gasteiger partial charge in [0.15, 0.2) is 0 Å². The Kier molecular flexibility index (Phi) is 5.08. The highest BCUT2D eigenvalue weighted by molar-refractivity contribution is 5.96. The summed E-state index contributed by atoms with van der Waals surface area (Å²) in [6.07, 6.45) is 0. The van der Waals surface area contributed by atoms with Gasteiger partial charge in [-0.2, -0.15) is 0 Å². The van der Waals surface area contributed by atoms with E-state index in [2.05, 4.69) is 5.32 Å². The molecule has 22 heavy (non-hydrogen) atoms. The molecule has 0 saturated carbocycles. The van der Waals surface area contributed by atoms with Crippen LogP contribution in [-0.4, -0.2) is 60.2 Å². The van der Waals surface area contributed by atoms with Crippen LogP contribution in [0.4, 0.5) is 4.39 Å². The molecule has 2 rings (SSSR count). The van der Waals surface area contributed by atoms with Crippen LogP contribution in [0.25, 0.3) is 0 Å². The number of amides is 3. The van der Waals surface area contributed by atoms with E-state index in [9.17, 15) is 18.8 Å². The van der Waals surface area contributed by atoms with Gasteiger partial charge in [-0.3, -0.25) is 14.4 Å². The van der Waals surface area contributed by atoms with E-state index in [1.807, 2.05) is 0 Å². The van der Waals surface area contributed by atoms with Crippen molar-refractivity contribution in [1.29, 1.82) is 0 Å². The first kappa shape index (κ1) is 15.9. The number of hydrogen-bond donors (Lipinski definition) is 1. The highest BCUT2D eigenvalue weighted by Crippen LogP contribution is 2.04. The number of carbonyl (C=O) groups excluding carboxylic acids is 3. The van der Waals surface area contributed by atoms with Gasteiger partial charge in [-0.1, -0.05) is 6.07 Å². The van der Waals surface area contributed by atoms with Gasteiger partial charge in [0.2, 0.25) is 11.8 Å². The highest BCUT2D eigenvalue weighted by Gasteiger charge is 2.22. The maximum atomic E-state index is 13.0. The number of hydrogen-bond acceptors (Lipinski definition) is 3. The number of rotatable bonds is 3. The summed E-state index contributed by atoms with van der Waals surface area (Å²) in [5.74, 6) is -1.21. The van der Waals surface area contributed by atoms with Crippen molar-refractivity contribution in [2.45, 2.75) is 6.92 Å². The number of piperazine rings is 1. The van der Waals surface area contributed by atoms with Crippen LogP contribution in [-0.2, 0) is 9.59 Å². The van der Waals surface area contributed by atoms with Crippen molar-refractivity contribution >= 4 is 17.7 Å². The zero-order chi connectivity index (χ0) is 16.1. The second-order valence-corrected chi connectivity index (χ2v) is 5.08. The van der Waals surface area contributed by atoms with Crippen LogP contribution in [0.2, 0.25) is 0 Å². The Morgan fingerprint density at radius 3 is 2.36 bits per heavy atom. The van der Waals surface area contributed by atoms with Gasteiger partial charge in [0.25, 0.3) is 5.91 Å². The number of nitrogens with zero attached hydrogens (tertiary/aromatic N) is 2. The summed E-state index contributed by atoms with van der Waals surface area (Å²) in [5.41, 5.74) is 0.175. The maximum Gasteiger partial charge on any atom is 0.251 e. The molecule has 1 heterocycles. The third kappa shape index (κ3) is 4.03. The molecule has 0 aromatic heterocycles. The molecule has 1 aromatic carbocycles. The second-order valence-electron chi connectivity index (χ2n) is 5.08. The van der Waals surface area contributed by atoms with E-state index in [1.165, 1.54) is 25.1 Å². The van der Waals surface area contributed by atoms with Crippen molar-refractivity contribution in [2.75, 3.05) is 32.7 Å². The monoisotopic (exact) mass is 307 g/mol. The van der Waals surface area contributed by atoms with E-state index in [4.69, 9.17) is 0 Å². The van der Waals surface area contributed by atoms with Crippen molar-refractivity contribution in [3.05, 3.63) is 35.6 Å². The lowest BCUT2D eigenvalue weighted by Gasteiger charge is -2.34. The van der Waals surface area contributed by atoms with E-state index < -0.39 is 11.7 Å². The van der Waals surface area contributed by atoms with Crippen molar-refractivity contribution < 1.29 is 18.8 Å². The minimum atomic E-state index is -0.501. The summed E-state index contributed by atoms with van der Waals surface area (Å²) in [4.78, 5) is 38.3. The third-order valence-electron chi connectivity index (χ3n) is 3.56. The van der Waals surface area contributed by atoms with Crippen LogP contribution >= 0.6 is 0 Å². The highest BCUT2D eigenvalue weighted by atomic mass is 19.1. The molecule has 0 spiro atoms. The molecule has 0 unspecified atom stereocenters. The molecule has 6 nitrogen and oxygen atoms in total. The Labute approximate surface area is 127 Å². The number of halogens is 1. The van der Waals surface area contributed by atoms with Crippen LogP contribution in [0.5, 0.6) is 0 Å². The molecule has 1 fully saturated rings. The largest absolute Gasteiger partial charge is 0.343 e. The van der Waals surface area contributed by atoms with Crippen LogP contribution < -0.4 is 5.32 Å². The Morgan fingerprint density at radius 1 is 1.14 bits per heavy atom. The molecule has 118 valence electrons. The van der Waals surface area contributed by atoms with Gasteiger partial charge in [0.1, 0.15) is 5.82 Å². The first-order valence-electron chi connectivity index (χ1n) is 7.04. The number of nitrogens with one attached hydrogen (secondary N) is 1. The van der Waals surface area contributed by atoms with E-state index in [0.29, 0.717) is 26.2 Å². The van der Waals surface area contributed by atoms with Gasteiger partial charge < -0.3 is 15.1 Å². The molecule has 1 aromatic rings. The molecule has 3 amide bonds. The summed E-state index contributed by atoms with van der Waals surface area (Å²) in [5, 5.41) is 2.48. The van der Waals surface area contributed by atoms with E-state index in [1.54, 1.807) is 9.80 Å². The molecule has 0 radical (unpaired) electrons. The summed E-state index contributed by atoms with van der Waals surface area (Å²) in [6.45, 7) is 3.26. The fourth-order valence-corrected chi connectivity index (χ4v) is 2.27. The molecule has 1 saturated heterocycles. The topological polar surface area (TPSA) is 69.7 Å². The van der Waals surface area contributed by atoms with E-state index in [-0.39, 0.29) is 23.9 Å². The maximum absolute atomic E-state index is 13.0. The predicted molar refractivity (Wildman–Crippen MR) is 77.6 cm³/mol. The average Bonchev–Trinajstić information content (AvgIpc) is 2.52. The fourth-order valence-electron chi connectivity index (χ4n) is 2.27. The third-order valence-corrected chi connectivity index (χ3v) is 3.56. The van der Waals surface area contributed by atoms with Crippen molar-refractivity contribution in [3.63, 3.8) is 0 Å². The summed E-state index contributed by atoms with van der Waals surface area (Å²) >= 11 is 0. The van der Waals surface area contributed by atoms with Crippen LogP contribution in [0.3, 0.4) is 0 Å². The molecule has 0 bridgehead atoms. The Balaban J connectivity index is 1.81. The SMILES string of the molecule is CC(=O)N1CCN(C(=O)CNC(=O)c2cccc(F)c2)CC1. The lowest BCUT2D eigenvalue weighted by Crippen LogP contribution is -2.52. The summed E-state index contributed by atoms with van der Waals surface area (Å²) < 4.78 is 13.0. The summed E-state index contributed by atoms with van der Waals surface area (Å²) in [7, 11) is 0.